The minimum absolute atomic E-state index is 0.0222. The van der Waals surface area contributed by atoms with Crippen LogP contribution in [0.4, 0.5) is 4.79 Å². The molecule has 260 valence electrons. The van der Waals surface area contributed by atoms with Gasteiger partial charge in [0.25, 0.3) is 0 Å². The molecule has 0 unspecified atom stereocenters. The Kier molecular flexibility index (Phi) is 14.2. The number of amides is 3. The summed E-state index contributed by atoms with van der Waals surface area (Å²) in [5.74, 6) is -3.00. The number of aliphatic hydroxyl groups is 4. The number of aromatic hydroxyl groups is 1. The summed E-state index contributed by atoms with van der Waals surface area (Å²) in [6.45, 7) is 8.81. The zero-order valence-corrected chi connectivity index (χ0v) is 27.0. The van der Waals surface area contributed by atoms with Crippen LogP contribution in [-0.2, 0) is 39.8 Å². The topological polar surface area (TPSA) is 242 Å². The van der Waals surface area contributed by atoms with Gasteiger partial charge in [0, 0.05) is 6.42 Å². The lowest BCUT2D eigenvalue weighted by atomic mass is 9.99. The van der Waals surface area contributed by atoms with Crippen LogP contribution in [0.25, 0.3) is 0 Å². The summed E-state index contributed by atoms with van der Waals surface area (Å²) in [6.07, 6.45) is -10.6. The molecule has 1 heterocycles. The summed E-state index contributed by atoms with van der Waals surface area (Å²) in [6, 6.07) is 1.79. The first kappa shape index (κ1) is 38.6. The zero-order valence-electron chi connectivity index (χ0n) is 27.0. The van der Waals surface area contributed by atoms with Gasteiger partial charge in [-0.25, -0.2) is 9.59 Å². The van der Waals surface area contributed by atoms with Crippen LogP contribution in [-0.4, -0.2) is 124 Å². The first-order chi connectivity index (χ1) is 21.4. The molecule has 0 spiro atoms. The largest absolute Gasteiger partial charge is 0.508 e. The quantitative estimate of drug-likeness (QED) is 0.117. The van der Waals surface area contributed by atoms with Crippen molar-refractivity contribution in [1.29, 1.82) is 0 Å². The van der Waals surface area contributed by atoms with E-state index in [0.717, 1.165) is 7.11 Å². The minimum Gasteiger partial charge on any atom is -0.508 e. The van der Waals surface area contributed by atoms with Crippen molar-refractivity contribution in [1.82, 2.24) is 16.0 Å². The van der Waals surface area contributed by atoms with Gasteiger partial charge in [0.2, 0.25) is 11.8 Å². The molecule has 0 saturated carbocycles. The van der Waals surface area contributed by atoms with Gasteiger partial charge in [0.1, 0.15) is 53.9 Å². The number of ether oxygens (including phenoxy) is 4. The average molecular weight is 658 g/mol. The monoisotopic (exact) mass is 657 g/mol. The molecule has 9 atom stereocenters. The maximum atomic E-state index is 13.7. The van der Waals surface area contributed by atoms with Crippen molar-refractivity contribution in [3.05, 3.63) is 29.8 Å². The van der Waals surface area contributed by atoms with Crippen LogP contribution < -0.4 is 16.0 Å². The Morgan fingerprint density at radius 2 is 1.48 bits per heavy atom. The van der Waals surface area contributed by atoms with Crippen LogP contribution in [0, 0.1) is 5.92 Å². The van der Waals surface area contributed by atoms with E-state index in [1.54, 1.807) is 34.6 Å². The second kappa shape index (κ2) is 16.9. The maximum absolute atomic E-state index is 13.7. The molecule has 0 radical (unpaired) electrons. The van der Waals surface area contributed by atoms with Gasteiger partial charge >= 0.3 is 12.1 Å². The number of carbonyl (C=O) groups excluding carboxylic acids is 4. The van der Waals surface area contributed by atoms with E-state index >= 15 is 0 Å². The highest BCUT2D eigenvalue weighted by atomic mass is 16.7. The number of rotatable bonds is 13. The molecule has 0 aliphatic carbocycles. The number of aliphatic hydroxyl groups excluding tert-OH is 4. The Hall–Kier alpha value is -3.54. The number of esters is 1. The molecule has 1 aliphatic rings. The molecular weight excluding hydrogens is 610 g/mol. The average Bonchev–Trinajstić information content (AvgIpc) is 2.97. The molecule has 16 heteroatoms. The smallest absolute Gasteiger partial charge is 0.408 e. The lowest BCUT2D eigenvalue weighted by Crippen LogP contribution is -2.63. The predicted octanol–water partition coefficient (Wildman–Crippen LogP) is -1.17. The van der Waals surface area contributed by atoms with E-state index in [4.69, 9.17) is 18.9 Å². The third-order valence-corrected chi connectivity index (χ3v) is 7.05. The second-order valence-electron chi connectivity index (χ2n) is 12.3. The number of nitrogens with one attached hydrogen (secondary N) is 3. The maximum Gasteiger partial charge on any atom is 0.408 e. The molecule has 1 aromatic rings. The van der Waals surface area contributed by atoms with E-state index in [2.05, 4.69) is 16.0 Å². The molecule has 8 N–H and O–H groups in total. The first-order valence-corrected chi connectivity index (χ1v) is 14.8. The lowest BCUT2D eigenvalue weighted by Gasteiger charge is -2.41. The van der Waals surface area contributed by atoms with E-state index in [0.29, 0.717) is 5.56 Å². The highest BCUT2D eigenvalue weighted by Crippen LogP contribution is 2.24. The Balaban J connectivity index is 2.42. The molecule has 16 nitrogen and oxygen atoms in total. The summed E-state index contributed by atoms with van der Waals surface area (Å²) in [4.78, 5) is 52.5. The molecule has 3 amide bonds. The van der Waals surface area contributed by atoms with Crippen molar-refractivity contribution < 1.29 is 63.7 Å². The van der Waals surface area contributed by atoms with E-state index in [9.17, 15) is 44.7 Å². The zero-order chi connectivity index (χ0) is 34.9. The second-order valence-corrected chi connectivity index (χ2v) is 12.3. The van der Waals surface area contributed by atoms with Crippen molar-refractivity contribution in [2.45, 2.75) is 108 Å². The van der Waals surface area contributed by atoms with Crippen LogP contribution >= 0.6 is 0 Å². The van der Waals surface area contributed by atoms with Crippen LogP contribution in [0.15, 0.2) is 24.3 Å². The summed E-state index contributed by atoms with van der Waals surface area (Å²) in [5.41, 5.74) is -0.370. The van der Waals surface area contributed by atoms with Gasteiger partial charge in [0.05, 0.1) is 19.8 Å². The van der Waals surface area contributed by atoms with Gasteiger partial charge in [-0.1, -0.05) is 26.0 Å². The van der Waals surface area contributed by atoms with Crippen molar-refractivity contribution in [2.24, 2.45) is 5.92 Å². The van der Waals surface area contributed by atoms with Crippen LogP contribution in [0.2, 0.25) is 0 Å². The van der Waals surface area contributed by atoms with Crippen LogP contribution in [0.1, 0.15) is 47.1 Å². The number of phenolic OH excluding ortho intramolecular Hbond substituents is 1. The van der Waals surface area contributed by atoms with Gasteiger partial charge in [-0.05, 0) is 51.3 Å². The van der Waals surface area contributed by atoms with Crippen molar-refractivity contribution in [3.8, 4) is 5.75 Å². The first-order valence-electron chi connectivity index (χ1n) is 14.8. The molecule has 1 aliphatic heterocycles. The van der Waals surface area contributed by atoms with E-state index in [1.807, 2.05) is 0 Å². The number of hydrogen-bond donors (Lipinski definition) is 8. The van der Waals surface area contributed by atoms with Gasteiger partial charge in [-0.15, -0.1) is 0 Å². The van der Waals surface area contributed by atoms with Gasteiger partial charge in [0.15, 0.2) is 6.29 Å². The summed E-state index contributed by atoms with van der Waals surface area (Å²) in [5, 5.41) is 57.5. The molecular formula is C30H47N3O13. The van der Waals surface area contributed by atoms with Crippen molar-refractivity contribution in [3.63, 3.8) is 0 Å². The van der Waals surface area contributed by atoms with Crippen molar-refractivity contribution in [2.75, 3.05) is 13.7 Å². The Bertz CT molecular complexity index is 1170. The van der Waals surface area contributed by atoms with E-state index in [-0.39, 0.29) is 12.2 Å². The van der Waals surface area contributed by atoms with Crippen LogP contribution in [0.3, 0.4) is 0 Å². The fourth-order valence-electron chi connectivity index (χ4n) is 4.51. The number of hydrogen-bond acceptors (Lipinski definition) is 13. The molecule has 0 aromatic heterocycles. The Labute approximate surface area is 267 Å². The van der Waals surface area contributed by atoms with Crippen molar-refractivity contribution >= 4 is 23.9 Å². The SMILES string of the molecule is COC(=O)[C@@H](NC(=O)[C@@H](NC(=O)[C@H](Cc1ccc(O)cc1)NC(=O)OC(C)(C)C)[C@@H](C)O[C@@H]1O[C@H](CO)[C@@H](O)[C@H](O)[C@@H]1O)C(C)C. The Morgan fingerprint density at radius 1 is 0.891 bits per heavy atom. The van der Waals surface area contributed by atoms with E-state index < -0.39 is 96.9 Å². The third kappa shape index (κ3) is 11.1. The van der Waals surface area contributed by atoms with Gasteiger partial charge in [-0.3, -0.25) is 9.59 Å². The summed E-state index contributed by atoms with van der Waals surface area (Å²) < 4.78 is 21.2. The van der Waals surface area contributed by atoms with Gasteiger partial charge in [-0.2, -0.15) is 0 Å². The Morgan fingerprint density at radius 3 is 2.00 bits per heavy atom. The molecule has 1 fully saturated rings. The number of alkyl carbamates (subject to hydrolysis) is 1. The molecule has 0 bridgehead atoms. The standard InChI is InChI=1S/C30H47N3O13/c1-14(2)20(27(41)43-7)32-26(40)21(15(3)44-28-24(38)23(37)22(36)19(13-34)45-28)33-25(39)18(31-29(42)46-30(4,5)6)12-16-8-10-17(35)11-9-16/h8-11,14-15,18-24,28,34-38H,12-13H2,1-7H3,(H,31,42)(H,32,40)(H,33,39)/t15-,18+,19-,20+,21+,22-,23+,24+,28-/m1/s1. The number of benzene rings is 1. The molecule has 1 saturated heterocycles. The summed E-state index contributed by atoms with van der Waals surface area (Å²) >= 11 is 0. The minimum atomic E-state index is -1.81. The van der Waals surface area contributed by atoms with Crippen LogP contribution in [0.5, 0.6) is 5.75 Å². The third-order valence-electron chi connectivity index (χ3n) is 7.05. The highest BCUT2D eigenvalue weighted by Gasteiger charge is 2.46. The fourth-order valence-corrected chi connectivity index (χ4v) is 4.51. The number of carbonyl (C=O) groups is 4. The highest BCUT2D eigenvalue weighted by molar-refractivity contribution is 5.93. The molecule has 2 rings (SSSR count). The summed E-state index contributed by atoms with van der Waals surface area (Å²) in [7, 11) is 1.14. The van der Waals surface area contributed by atoms with Gasteiger partial charge < -0.3 is 60.4 Å². The fraction of sp³-hybridized carbons (Fsp3) is 0.667. The number of phenols is 1. The van der Waals surface area contributed by atoms with E-state index in [1.165, 1.54) is 31.2 Å². The normalized spacial score (nSPS) is 24.2. The number of methoxy groups -OCH3 is 1. The lowest BCUT2D eigenvalue weighted by molar-refractivity contribution is -0.311. The molecule has 1 aromatic carbocycles. The predicted molar refractivity (Wildman–Crippen MR) is 160 cm³/mol. The molecule has 46 heavy (non-hydrogen) atoms.